The Morgan fingerprint density at radius 1 is 1.24 bits per heavy atom. The van der Waals surface area contributed by atoms with Crippen molar-refractivity contribution in [2.45, 2.75) is 13.0 Å². The number of benzene rings is 2. The highest BCUT2D eigenvalue weighted by atomic mass is 35.5. The van der Waals surface area contributed by atoms with E-state index in [0.29, 0.717) is 16.3 Å². The molecule has 126 valence electrons. The van der Waals surface area contributed by atoms with E-state index in [1.54, 1.807) is 54.6 Å². The van der Waals surface area contributed by atoms with Crippen molar-refractivity contribution in [3.63, 3.8) is 0 Å². The van der Waals surface area contributed by atoms with Crippen LogP contribution >= 0.6 is 11.6 Å². The lowest BCUT2D eigenvalue weighted by Crippen LogP contribution is -2.29. The van der Waals surface area contributed by atoms with Gasteiger partial charge in [0.2, 0.25) is 0 Å². The Labute approximate surface area is 150 Å². The van der Waals surface area contributed by atoms with E-state index in [-0.39, 0.29) is 0 Å². The number of hydrogen-bond donors (Lipinski definition) is 1. The van der Waals surface area contributed by atoms with Crippen LogP contribution in [-0.2, 0) is 14.3 Å². The number of anilines is 1. The Hall–Kier alpha value is -3.10. The molecule has 6 heteroatoms. The van der Waals surface area contributed by atoms with Gasteiger partial charge in [-0.15, -0.1) is 0 Å². The van der Waals surface area contributed by atoms with Gasteiger partial charge < -0.3 is 10.1 Å². The van der Waals surface area contributed by atoms with Crippen molar-refractivity contribution in [1.82, 2.24) is 0 Å². The minimum absolute atomic E-state index is 0.329. The second-order valence-corrected chi connectivity index (χ2v) is 5.55. The van der Waals surface area contributed by atoms with Crippen molar-refractivity contribution in [3.05, 3.63) is 70.8 Å². The fourth-order valence-corrected chi connectivity index (χ4v) is 2.16. The molecular weight excluding hydrogens is 340 g/mol. The minimum Gasteiger partial charge on any atom is -0.449 e. The number of nitrogens with zero attached hydrogens (tertiary/aromatic N) is 1. The summed E-state index contributed by atoms with van der Waals surface area (Å²) in [4.78, 5) is 23.9. The number of nitriles is 1. The first-order valence-electron chi connectivity index (χ1n) is 7.44. The molecule has 1 atom stereocenters. The largest absolute Gasteiger partial charge is 0.449 e. The van der Waals surface area contributed by atoms with E-state index in [2.05, 4.69) is 5.32 Å². The molecule has 0 fully saturated rings. The van der Waals surface area contributed by atoms with Crippen molar-refractivity contribution >= 4 is 35.2 Å². The molecule has 0 radical (unpaired) electrons. The molecule has 0 aliphatic heterocycles. The second-order valence-electron chi connectivity index (χ2n) is 5.11. The van der Waals surface area contributed by atoms with Crippen LogP contribution in [0.4, 0.5) is 5.69 Å². The third kappa shape index (κ3) is 5.48. The van der Waals surface area contributed by atoms with Gasteiger partial charge in [0, 0.05) is 11.1 Å². The highest BCUT2D eigenvalue weighted by molar-refractivity contribution is 6.30. The zero-order valence-corrected chi connectivity index (χ0v) is 14.2. The summed E-state index contributed by atoms with van der Waals surface area (Å²) in [5.41, 5.74) is 1.44. The number of amides is 1. The molecule has 0 aromatic heterocycles. The third-order valence-electron chi connectivity index (χ3n) is 3.23. The van der Waals surface area contributed by atoms with Crippen molar-refractivity contribution in [2.75, 3.05) is 5.32 Å². The quantitative estimate of drug-likeness (QED) is 0.654. The lowest BCUT2D eigenvalue weighted by atomic mass is 10.2. The zero-order chi connectivity index (χ0) is 18.2. The molecule has 2 aromatic rings. The summed E-state index contributed by atoms with van der Waals surface area (Å²) < 4.78 is 5.06. The van der Waals surface area contributed by atoms with E-state index in [0.717, 1.165) is 5.56 Å². The number of rotatable bonds is 5. The summed E-state index contributed by atoms with van der Waals surface area (Å²) in [6.07, 6.45) is 1.76. The van der Waals surface area contributed by atoms with Gasteiger partial charge in [0.15, 0.2) is 6.10 Å². The number of halogens is 1. The highest BCUT2D eigenvalue weighted by Crippen LogP contribution is 2.14. The van der Waals surface area contributed by atoms with Crippen LogP contribution in [0.15, 0.2) is 54.6 Å². The number of hydrogen-bond acceptors (Lipinski definition) is 4. The van der Waals surface area contributed by atoms with Crippen molar-refractivity contribution in [3.8, 4) is 6.07 Å². The average Bonchev–Trinajstić information content (AvgIpc) is 2.60. The van der Waals surface area contributed by atoms with Crippen molar-refractivity contribution in [2.24, 2.45) is 0 Å². The maximum Gasteiger partial charge on any atom is 0.331 e. The second kappa shape index (κ2) is 8.67. The summed E-state index contributed by atoms with van der Waals surface area (Å²) >= 11 is 5.86. The molecular formula is C19H15ClN2O3. The smallest absolute Gasteiger partial charge is 0.331 e. The number of nitrogens with one attached hydrogen (secondary N) is 1. The lowest BCUT2D eigenvalue weighted by molar-refractivity contribution is -0.148. The zero-order valence-electron chi connectivity index (χ0n) is 13.4. The molecule has 2 rings (SSSR count). The van der Waals surface area contributed by atoms with Crippen LogP contribution in [-0.4, -0.2) is 18.0 Å². The Morgan fingerprint density at radius 2 is 2.00 bits per heavy atom. The molecule has 1 amide bonds. The Balaban J connectivity index is 1.94. The molecule has 1 N–H and O–H groups in total. The first-order valence-corrected chi connectivity index (χ1v) is 7.81. The maximum absolute atomic E-state index is 12.1. The molecule has 0 spiro atoms. The predicted molar refractivity (Wildman–Crippen MR) is 95.8 cm³/mol. The summed E-state index contributed by atoms with van der Waals surface area (Å²) in [7, 11) is 0. The monoisotopic (exact) mass is 354 g/mol. The Kier molecular flexibility index (Phi) is 6.33. The van der Waals surface area contributed by atoms with Gasteiger partial charge in [-0.2, -0.15) is 5.26 Å². The van der Waals surface area contributed by atoms with Gasteiger partial charge in [0.05, 0.1) is 11.3 Å². The Bertz CT molecular complexity index is 856. The van der Waals surface area contributed by atoms with Gasteiger partial charge in [0.1, 0.15) is 6.07 Å². The lowest BCUT2D eigenvalue weighted by Gasteiger charge is -2.13. The summed E-state index contributed by atoms with van der Waals surface area (Å²) in [5.74, 6) is -1.18. The molecule has 0 saturated heterocycles. The number of carbonyl (C=O) groups excluding carboxylic acids is 2. The van der Waals surface area contributed by atoms with Crippen LogP contribution in [0.25, 0.3) is 6.08 Å². The highest BCUT2D eigenvalue weighted by Gasteiger charge is 2.17. The fraction of sp³-hybridized carbons (Fsp3) is 0.105. The summed E-state index contributed by atoms with van der Waals surface area (Å²) in [6, 6.07) is 15.5. The van der Waals surface area contributed by atoms with Crippen LogP contribution in [0.5, 0.6) is 0 Å². The maximum atomic E-state index is 12.1. The van der Waals surface area contributed by atoms with E-state index in [1.807, 2.05) is 6.07 Å². The summed E-state index contributed by atoms with van der Waals surface area (Å²) in [5, 5.41) is 12.1. The number of para-hydroxylation sites is 1. The van der Waals surface area contributed by atoms with Crippen molar-refractivity contribution in [1.29, 1.82) is 5.26 Å². The standard InChI is InChI=1S/C19H15ClN2O3/c1-13(19(24)22-17-8-3-2-6-15(17)12-21)25-18(23)10-9-14-5-4-7-16(20)11-14/h2-11,13H,1H3,(H,22,24)/b10-9+. The molecule has 0 aliphatic carbocycles. The van der Waals surface area contributed by atoms with Crippen LogP contribution in [0.3, 0.4) is 0 Å². The van der Waals surface area contributed by atoms with Crippen LogP contribution in [0.2, 0.25) is 5.02 Å². The number of carbonyl (C=O) groups is 2. The third-order valence-corrected chi connectivity index (χ3v) is 3.46. The number of esters is 1. The van der Waals surface area contributed by atoms with E-state index in [4.69, 9.17) is 21.6 Å². The summed E-state index contributed by atoms with van der Waals surface area (Å²) in [6.45, 7) is 1.45. The van der Waals surface area contributed by atoms with Gasteiger partial charge in [-0.05, 0) is 42.8 Å². The van der Waals surface area contributed by atoms with Gasteiger partial charge in [0.25, 0.3) is 5.91 Å². The molecule has 0 aliphatic rings. The Morgan fingerprint density at radius 3 is 2.72 bits per heavy atom. The fourth-order valence-electron chi connectivity index (χ4n) is 1.97. The normalized spacial score (nSPS) is 11.6. The van der Waals surface area contributed by atoms with Crippen LogP contribution in [0, 0.1) is 11.3 Å². The van der Waals surface area contributed by atoms with E-state index >= 15 is 0 Å². The first-order chi connectivity index (χ1) is 12.0. The van der Waals surface area contributed by atoms with Crippen molar-refractivity contribution < 1.29 is 14.3 Å². The molecule has 5 nitrogen and oxygen atoms in total. The predicted octanol–water partition coefficient (Wildman–Crippen LogP) is 3.80. The molecule has 0 bridgehead atoms. The molecule has 1 unspecified atom stereocenters. The van der Waals surface area contributed by atoms with Crippen LogP contribution < -0.4 is 5.32 Å². The molecule has 2 aromatic carbocycles. The van der Waals surface area contributed by atoms with E-state index in [9.17, 15) is 9.59 Å². The van der Waals surface area contributed by atoms with E-state index < -0.39 is 18.0 Å². The van der Waals surface area contributed by atoms with Gasteiger partial charge in [-0.1, -0.05) is 35.9 Å². The van der Waals surface area contributed by atoms with Gasteiger partial charge in [-0.3, -0.25) is 4.79 Å². The minimum atomic E-state index is -1.01. The van der Waals surface area contributed by atoms with Gasteiger partial charge in [-0.25, -0.2) is 4.79 Å². The molecule has 0 saturated carbocycles. The molecule has 25 heavy (non-hydrogen) atoms. The SMILES string of the molecule is CC(OC(=O)/C=C/c1cccc(Cl)c1)C(=O)Nc1ccccc1C#N. The first kappa shape index (κ1) is 18.2. The van der Waals surface area contributed by atoms with E-state index in [1.165, 1.54) is 13.0 Å². The molecule has 0 heterocycles. The number of ether oxygens (including phenoxy) is 1. The average molecular weight is 355 g/mol. The van der Waals surface area contributed by atoms with Gasteiger partial charge >= 0.3 is 5.97 Å². The topological polar surface area (TPSA) is 79.2 Å². The van der Waals surface area contributed by atoms with Crippen LogP contribution in [0.1, 0.15) is 18.1 Å².